The van der Waals surface area contributed by atoms with Gasteiger partial charge in [0.15, 0.2) is 4.77 Å². The number of rotatable bonds is 5. The largest absolute Gasteiger partial charge is 0.324 e. The van der Waals surface area contributed by atoms with Gasteiger partial charge in [0.05, 0.1) is 15.2 Å². The van der Waals surface area contributed by atoms with Crippen LogP contribution in [0.3, 0.4) is 0 Å². The van der Waals surface area contributed by atoms with Crippen LogP contribution >= 0.6 is 23.6 Å². The predicted octanol–water partition coefficient (Wildman–Crippen LogP) is 3.45. The molecule has 6 nitrogen and oxygen atoms in total. The smallest absolute Gasteiger partial charge is 0.244 e. The molecule has 2 aromatic heterocycles. The van der Waals surface area contributed by atoms with Crippen LogP contribution in [-0.4, -0.2) is 25.7 Å². The SMILES string of the molecule is CCCc1n[nH]c(=S)n1CC(=O)Nc1ccc2nc(C)sc2c1. The number of carbonyl (C=O) groups is 1. The summed E-state index contributed by atoms with van der Waals surface area (Å²) in [5.41, 5.74) is 1.71. The van der Waals surface area contributed by atoms with Gasteiger partial charge in [0.1, 0.15) is 12.4 Å². The number of nitrogens with zero attached hydrogens (tertiary/aromatic N) is 3. The van der Waals surface area contributed by atoms with Gasteiger partial charge in [-0.05, 0) is 43.8 Å². The quantitative estimate of drug-likeness (QED) is 0.693. The Balaban J connectivity index is 1.75. The molecule has 0 unspecified atom stereocenters. The van der Waals surface area contributed by atoms with Gasteiger partial charge >= 0.3 is 0 Å². The van der Waals surface area contributed by atoms with Crippen LogP contribution in [-0.2, 0) is 17.8 Å². The third kappa shape index (κ3) is 3.48. The van der Waals surface area contributed by atoms with Gasteiger partial charge in [-0.15, -0.1) is 11.3 Å². The summed E-state index contributed by atoms with van der Waals surface area (Å²) in [6.07, 6.45) is 1.73. The Morgan fingerprint density at radius 3 is 3.09 bits per heavy atom. The summed E-state index contributed by atoms with van der Waals surface area (Å²) in [6.45, 7) is 4.19. The zero-order valence-corrected chi connectivity index (χ0v) is 14.6. The molecule has 0 atom stereocenters. The number of fused-ring (bicyclic) bond motifs is 1. The molecule has 8 heteroatoms. The van der Waals surface area contributed by atoms with Gasteiger partial charge in [-0.3, -0.25) is 14.5 Å². The first-order valence-electron chi connectivity index (χ1n) is 7.38. The second-order valence-corrected chi connectivity index (χ2v) is 6.87. The molecular weight excluding hydrogens is 330 g/mol. The Kier molecular flexibility index (Phi) is 4.53. The lowest BCUT2D eigenvalue weighted by Crippen LogP contribution is -2.20. The lowest BCUT2D eigenvalue weighted by Gasteiger charge is -2.08. The van der Waals surface area contributed by atoms with Gasteiger partial charge in [-0.2, -0.15) is 5.10 Å². The second-order valence-electron chi connectivity index (χ2n) is 5.24. The van der Waals surface area contributed by atoms with Crippen LogP contribution in [0.1, 0.15) is 24.2 Å². The molecule has 3 rings (SSSR count). The fraction of sp³-hybridized carbons (Fsp3) is 0.333. The zero-order chi connectivity index (χ0) is 16.4. The van der Waals surface area contributed by atoms with Crippen LogP contribution in [0.2, 0.25) is 0 Å². The van der Waals surface area contributed by atoms with Gasteiger partial charge in [0, 0.05) is 12.1 Å². The summed E-state index contributed by atoms with van der Waals surface area (Å²) >= 11 is 6.81. The van der Waals surface area contributed by atoms with Gasteiger partial charge in [-0.1, -0.05) is 6.92 Å². The molecule has 0 saturated heterocycles. The molecule has 2 N–H and O–H groups in total. The van der Waals surface area contributed by atoms with E-state index >= 15 is 0 Å². The van der Waals surface area contributed by atoms with Crippen LogP contribution in [0, 0.1) is 11.7 Å². The van der Waals surface area contributed by atoms with Crippen molar-refractivity contribution in [1.82, 2.24) is 19.7 Å². The molecule has 0 radical (unpaired) electrons. The summed E-state index contributed by atoms with van der Waals surface area (Å²) < 4.78 is 3.27. The van der Waals surface area contributed by atoms with Crippen LogP contribution in [0.15, 0.2) is 18.2 Å². The molecule has 0 aliphatic heterocycles. The molecule has 0 aliphatic rings. The van der Waals surface area contributed by atoms with E-state index in [0.29, 0.717) is 4.77 Å². The van der Waals surface area contributed by atoms with Crippen molar-refractivity contribution in [2.75, 3.05) is 5.32 Å². The van der Waals surface area contributed by atoms with E-state index in [1.807, 2.05) is 25.1 Å². The van der Waals surface area contributed by atoms with Crippen molar-refractivity contribution in [2.45, 2.75) is 33.2 Å². The van der Waals surface area contributed by atoms with E-state index < -0.39 is 0 Å². The molecule has 0 spiro atoms. The number of thiazole rings is 1. The fourth-order valence-electron chi connectivity index (χ4n) is 2.39. The van der Waals surface area contributed by atoms with Crippen LogP contribution in [0.25, 0.3) is 10.2 Å². The Hall–Kier alpha value is -2.06. The highest BCUT2D eigenvalue weighted by atomic mass is 32.1. The predicted molar refractivity (Wildman–Crippen MR) is 94.4 cm³/mol. The first kappa shape index (κ1) is 15.8. The summed E-state index contributed by atoms with van der Waals surface area (Å²) in [5.74, 6) is 0.682. The van der Waals surface area contributed by atoms with Crippen molar-refractivity contribution < 1.29 is 4.79 Å². The average molecular weight is 347 g/mol. The van der Waals surface area contributed by atoms with E-state index in [1.165, 1.54) is 0 Å². The summed E-state index contributed by atoms with van der Waals surface area (Å²) in [4.78, 5) is 16.7. The van der Waals surface area contributed by atoms with Crippen molar-refractivity contribution in [3.05, 3.63) is 33.8 Å². The molecule has 23 heavy (non-hydrogen) atoms. The maximum absolute atomic E-state index is 12.3. The molecular formula is C15H17N5OS2. The maximum atomic E-state index is 12.3. The van der Waals surface area contributed by atoms with E-state index in [-0.39, 0.29) is 12.5 Å². The molecule has 0 fully saturated rings. The number of anilines is 1. The monoisotopic (exact) mass is 347 g/mol. The first-order chi connectivity index (χ1) is 11.1. The third-order valence-electron chi connectivity index (χ3n) is 3.39. The fourth-order valence-corrected chi connectivity index (χ4v) is 3.47. The molecule has 3 aromatic rings. The molecule has 120 valence electrons. The Morgan fingerprint density at radius 1 is 1.48 bits per heavy atom. The van der Waals surface area contributed by atoms with E-state index in [2.05, 4.69) is 27.4 Å². The summed E-state index contributed by atoms with van der Waals surface area (Å²) in [6, 6.07) is 5.72. The van der Waals surface area contributed by atoms with Crippen molar-refractivity contribution in [1.29, 1.82) is 0 Å². The number of aromatic nitrogens is 4. The lowest BCUT2D eigenvalue weighted by atomic mass is 10.3. The molecule has 2 heterocycles. The molecule has 0 bridgehead atoms. The normalized spacial score (nSPS) is 11.0. The molecule has 0 aliphatic carbocycles. The van der Waals surface area contributed by atoms with Crippen molar-refractivity contribution >= 4 is 45.4 Å². The Morgan fingerprint density at radius 2 is 2.30 bits per heavy atom. The Bertz CT molecular complexity index is 908. The number of H-pyrrole nitrogens is 1. The van der Waals surface area contributed by atoms with E-state index in [1.54, 1.807) is 15.9 Å². The van der Waals surface area contributed by atoms with Gasteiger partial charge < -0.3 is 5.32 Å². The molecule has 1 aromatic carbocycles. The molecule has 0 saturated carbocycles. The highest BCUT2D eigenvalue weighted by molar-refractivity contribution is 7.71. The minimum Gasteiger partial charge on any atom is -0.324 e. The van der Waals surface area contributed by atoms with Gasteiger partial charge in [0.25, 0.3) is 0 Å². The van der Waals surface area contributed by atoms with Crippen LogP contribution < -0.4 is 5.32 Å². The summed E-state index contributed by atoms with van der Waals surface area (Å²) in [7, 11) is 0. The number of amides is 1. The topological polar surface area (TPSA) is 75.6 Å². The Labute approximate surface area is 142 Å². The number of nitrogens with one attached hydrogen (secondary N) is 2. The number of hydrogen-bond acceptors (Lipinski definition) is 5. The maximum Gasteiger partial charge on any atom is 0.244 e. The highest BCUT2D eigenvalue weighted by Crippen LogP contribution is 2.24. The van der Waals surface area contributed by atoms with Crippen LogP contribution in [0.5, 0.6) is 0 Å². The number of aryl methyl sites for hydroxylation is 2. The first-order valence-corrected chi connectivity index (χ1v) is 8.60. The highest BCUT2D eigenvalue weighted by Gasteiger charge is 2.11. The standard InChI is InChI=1S/C15H17N5OS2/c1-3-4-13-18-19-15(22)20(13)8-14(21)17-10-5-6-11-12(7-10)23-9(2)16-11/h5-7H,3-4,8H2,1-2H3,(H,17,21)(H,19,22). The third-order valence-corrected chi connectivity index (χ3v) is 4.64. The summed E-state index contributed by atoms with van der Waals surface area (Å²) in [5, 5.41) is 10.8. The van der Waals surface area contributed by atoms with E-state index in [9.17, 15) is 4.79 Å². The second kappa shape index (κ2) is 6.59. The minimum absolute atomic E-state index is 0.125. The van der Waals surface area contributed by atoms with Crippen LogP contribution in [0.4, 0.5) is 5.69 Å². The lowest BCUT2D eigenvalue weighted by molar-refractivity contribution is -0.116. The van der Waals surface area contributed by atoms with Gasteiger partial charge in [0.2, 0.25) is 5.91 Å². The minimum atomic E-state index is -0.125. The number of hydrogen-bond donors (Lipinski definition) is 2. The average Bonchev–Trinajstić information content (AvgIpc) is 3.03. The van der Waals surface area contributed by atoms with Gasteiger partial charge in [-0.25, -0.2) is 4.98 Å². The van der Waals surface area contributed by atoms with E-state index in [4.69, 9.17) is 12.2 Å². The number of aromatic amines is 1. The molecule has 1 amide bonds. The number of benzene rings is 1. The van der Waals surface area contributed by atoms with E-state index in [0.717, 1.165) is 39.6 Å². The number of carbonyl (C=O) groups excluding carboxylic acids is 1. The zero-order valence-electron chi connectivity index (χ0n) is 12.9. The van der Waals surface area contributed by atoms with Crippen molar-refractivity contribution in [3.8, 4) is 0 Å². The van der Waals surface area contributed by atoms with Crippen molar-refractivity contribution in [3.63, 3.8) is 0 Å². The van der Waals surface area contributed by atoms with Crippen molar-refractivity contribution in [2.24, 2.45) is 0 Å².